The minimum absolute atomic E-state index is 0.146. The van der Waals surface area contributed by atoms with Gasteiger partial charge in [0.1, 0.15) is 46.2 Å². The SMILES string of the molecule is C/C=C/CCc1ccc(-c2cc(F)c(C(F)(F)Oc3cc(F)c(-c4cc(F)c(-c5cc(F)c(OC(F)(F)F)c(F)c5)c(F)c4)c(Cl)c3)c(F)c2)c(F)c1. The standard InChI is InChI=1S/C37H20ClF13O2/c1-2-3-4-5-17-6-7-22(24(39)8-17)18-9-28(43)34(29(44)10-18)36(47,48)52-21-15-23(38)32(27(42)16-21)19-11-25(40)33(26(41)12-19)20-13-30(45)35(31(46)14-20)53-37(49,50)51/h2-3,6-16H,4-5H2,1H3/b3-2+. The molecule has 0 spiro atoms. The number of rotatable bonds is 10. The zero-order chi connectivity index (χ0) is 39.0. The molecule has 0 radical (unpaired) electrons. The lowest BCUT2D eigenvalue weighted by Crippen LogP contribution is -2.25. The Morgan fingerprint density at radius 1 is 0.585 bits per heavy atom. The highest BCUT2D eigenvalue weighted by Gasteiger charge is 2.42. The summed E-state index contributed by atoms with van der Waals surface area (Å²) in [6.45, 7) is 1.81. The van der Waals surface area contributed by atoms with Gasteiger partial charge in [-0.2, -0.15) is 8.78 Å². The molecule has 0 bridgehead atoms. The number of benzene rings is 5. The molecule has 0 N–H and O–H groups in total. The van der Waals surface area contributed by atoms with Crippen LogP contribution >= 0.6 is 11.6 Å². The Labute approximate surface area is 296 Å². The van der Waals surface area contributed by atoms with Crippen molar-refractivity contribution in [2.75, 3.05) is 0 Å². The van der Waals surface area contributed by atoms with E-state index < -0.39 is 109 Å². The van der Waals surface area contributed by atoms with Crippen LogP contribution in [0.4, 0.5) is 57.1 Å². The Bertz CT molecular complexity index is 2140. The maximum Gasteiger partial charge on any atom is 0.573 e. The summed E-state index contributed by atoms with van der Waals surface area (Å²) in [6, 6.07) is 6.67. The van der Waals surface area contributed by atoms with Gasteiger partial charge in [0.25, 0.3) is 0 Å². The van der Waals surface area contributed by atoms with Crippen molar-refractivity contribution in [1.29, 1.82) is 0 Å². The third-order valence-electron chi connectivity index (χ3n) is 7.61. The average molecular weight is 779 g/mol. The second-order valence-electron chi connectivity index (χ2n) is 11.2. The zero-order valence-electron chi connectivity index (χ0n) is 26.5. The quantitative estimate of drug-likeness (QED) is 0.104. The summed E-state index contributed by atoms with van der Waals surface area (Å²) in [5, 5.41) is -0.811. The van der Waals surface area contributed by atoms with Crippen molar-refractivity contribution in [1.82, 2.24) is 0 Å². The minimum atomic E-state index is -5.50. The molecule has 0 amide bonds. The number of halogens is 14. The molecule has 53 heavy (non-hydrogen) atoms. The first kappa shape index (κ1) is 39.0. The summed E-state index contributed by atoms with van der Waals surface area (Å²) in [5.41, 5.74) is -5.61. The Kier molecular flexibility index (Phi) is 11.1. The number of hydrogen-bond acceptors (Lipinski definition) is 2. The molecule has 5 aromatic rings. The highest BCUT2D eigenvalue weighted by molar-refractivity contribution is 6.33. The van der Waals surface area contributed by atoms with Crippen LogP contribution in [0.5, 0.6) is 11.5 Å². The van der Waals surface area contributed by atoms with Crippen LogP contribution in [0.2, 0.25) is 5.02 Å². The third kappa shape index (κ3) is 8.56. The van der Waals surface area contributed by atoms with Crippen molar-refractivity contribution >= 4 is 11.6 Å². The monoisotopic (exact) mass is 778 g/mol. The minimum Gasteiger partial charge on any atom is -0.429 e. The molecule has 0 aliphatic rings. The van der Waals surface area contributed by atoms with Crippen LogP contribution < -0.4 is 9.47 Å². The maximum atomic E-state index is 15.3. The number of hydrogen-bond donors (Lipinski definition) is 0. The first-order valence-corrected chi connectivity index (χ1v) is 15.4. The molecule has 0 aromatic heterocycles. The predicted molar refractivity (Wildman–Crippen MR) is 168 cm³/mol. The molecule has 0 saturated carbocycles. The molecular weight excluding hydrogens is 759 g/mol. The van der Waals surface area contributed by atoms with Gasteiger partial charge in [0.05, 0.1) is 10.6 Å². The molecule has 16 heteroatoms. The Morgan fingerprint density at radius 3 is 1.64 bits per heavy atom. The maximum absolute atomic E-state index is 15.3. The molecule has 0 saturated heterocycles. The first-order chi connectivity index (χ1) is 24.8. The first-order valence-electron chi connectivity index (χ1n) is 15.0. The molecule has 2 nitrogen and oxygen atoms in total. The fraction of sp³-hybridized carbons (Fsp3) is 0.135. The normalized spacial score (nSPS) is 12.1. The average Bonchev–Trinajstić information content (AvgIpc) is 3.01. The van der Waals surface area contributed by atoms with E-state index >= 15 is 30.7 Å². The summed E-state index contributed by atoms with van der Waals surface area (Å²) >= 11 is 6.03. The van der Waals surface area contributed by atoms with Gasteiger partial charge < -0.3 is 9.47 Å². The summed E-state index contributed by atoms with van der Waals surface area (Å²) in [7, 11) is 0. The van der Waals surface area contributed by atoms with Crippen LogP contribution in [0.25, 0.3) is 33.4 Å². The lowest BCUT2D eigenvalue weighted by atomic mass is 9.98. The lowest BCUT2D eigenvalue weighted by molar-refractivity contribution is -0.276. The van der Waals surface area contributed by atoms with Crippen LogP contribution in [0, 0.1) is 46.5 Å². The van der Waals surface area contributed by atoms with E-state index in [1.807, 2.05) is 6.08 Å². The van der Waals surface area contributed by atoms with Crippen LogP contribution in [0.15, 0.2) is 78.9 Å². The van der Waals surface area contributed by atoms with E-state index in [1.54, 1.807) is 13.0 Å². The van der Waals surface area contributed by atoms with Gasteiger partial charge in [-0.1, -0.05) is 35.9 Å². The molecule has 5 aromatic carbocycles. The van der Waals surface area contributed by atoms with Crippen molar-refractivity contribution in [2.24, 2.45) is 0 Å². The second-order valence-corrected chi connectivity index (χ2v) is 11.7. The summed E-state index contributed by atoms with van der Waals surface area (Å²) in [5.74, 6) is -16.3. The molecule has 5 rings (SSSR count). The largest absolute Gasteiger partial charge is 0.573 e. The van der Waals surface area contributed by atoms with Crippen molar-refractivity contribution in [2.45, 2.75) is 32.2 Å². The van der Waals surface area contributed by atoms with Crippen molar-refractivity contribution < 1.29 is 66.5 Å². The smallest absolute Gasteiger partial charge is 0.429 e. The van der Waals surface area contributed by atoms with Gasteiger partial charge in [-0.25, -0.2) is 35.1 Å². The molecule has 278 valence electrons. The highest BCUT2D eigenvalue weighted by Crippen LogP contribution is 2.42. The number of aryl methyl sites for hydroxylation is 1. The van der Waals surface area contributed by atoms with E-state index in [1.165, 1.54) is 12.1 Å². The van der Waals surface area contributed by atoms with E-state index in [9.17, 15) is 26.3 Å². The van der Waals surface area contributed by atoms with Gasteiger partial charge in [-0.15, -0.1) is 13.2 Å². The van der Waals surface area contributed by atoms with Crippen molar-refractivity contribution in [3.8, 4) is 44.9 Å². The van der Waals surface area contributed by atoms with Gasteiger partial charge in [-0.05, 0) is 90.6 Å². The van der Waals surface area contributed by atoms with Gasteiger partial charge in [0.15, 0.2) is 11.6 Å². The van der Waals surface area contributed by atoms with E-state index in [0.717, 1.165) is 6.07 Å². The van der Waals surface area contributed by atoms with Crippen molar-refractivity contribution in [3.63, 3.8) is 0 Å². The number of ether oxygens (including phenoxy) is 2. The lowest BCUT2D eigenvalue weighted by Gasteiger charge is -2.21. The zero-order valence-corrected chi connectivity index (χ0v) is 27.3. The Hall–Kier alpha value is -5.18. The number of alkyl halides is 5. The molecule has 0 heterocycles. The molecule has 0 aliphatic carbocycles. The second kappa shape index (κ2) is 15.0. The van der Waals surface area contributed by atoms with Crippen LogP contribution in [-0.4, -0.2) is 6.36 Å². The van der Waals surface area contributed by atoms with E-state index in [2.05, 4.69) is 9.47 Å². The molecule has 0 unspecified atom stereocenters. The predicted octanol–water partition coefficient (Wildman–Crippen LogP) is 13.0. The van der Waals surface area contributed by atoms with Crippen LogP contribution in [0.1, 0.15) is 24.5 Å². The molecule has 0 atom stereocenters. The third-order valence-corrected chi connectivity index (χ3v) is 7.91. The van der Waals surface area contributed by atoms with Crippen LogP contribution in [-0.2, 0) is 12.5 Å². The molecule has 0 aliphatic heterocycles. The Balaban J connectivity index is 1.42. The molecular formula is C37H20ClF13O2. The van der Waals surface area contributed by atoms with Crippen molar-refractivity contribution in [3.05, 3.63) is 142 Å². The van der Waals surface area contributed by atoms with Gasteiger partial charge >= 0.3 is 12.5 Å². The van der Waals surface area contributed by atoms with E-state index in [-0.39, 0.29) is 23.8 Å². The van der Waals surface area contributed by atoms with Gasteiger partial charge in [0.2, 0.25) is 5.75 Å². The Morgan fingerprint density at radius 2 is 1.11 bits per heavy atom. The highest BCUT2D eigenvalue weighted by atomic mass is 35.5. The van der Waals surface area contributed by atoms with Gasteiger partial charge in [0, 0.05) is 17.2 Å². The van der Waals surface area contributed by atoms with E-state index in [0.29, 0.717) is 48.7 Å². The summed E-state index contributed by atoms with van der Waals surface area (Å²) in [4.78, 5) is 0. The molecule has 0 fully saturated rings. The topological polar surface area (TPSA) is 18.5 Å². The van der Waals surface area contributed by atoms with Gasteiger partial charge in [-0.3, -0.25) is 0 Å². The fourth-order valence-corrected chi connectivity index (χ4v) is 5.67. The summed E-state index contributed by atoms with van der Waals surface area (Å²) in [6.07, 6.45) is -5.61. The van der Waals surface area contributed by atoms with Crippen LogP contribution in [0.3, 0.4) is 0 Å². The summed E-state index contributed by atoms with van der Waals surface area (Å²) < 4.78 is 194. The fourth-order valence-electron chi connectivity index (χ4n) is 5.37. The number of allylic oxidation sites excluding steroid dienone is 2. The van der Waals surface area contributed by atoms with E-state index in [4.69, 9.17) is 11.6 Å².